The molecule has 10 aliphatic rings. The fourth-order valence-electron chi connectivity index (χ4n) is 13.7. The van der Waals surface area contributed by atoms with Crippen LogP contribution in [-0.4, -0.2) is 195 Å². The van der Waals surface area contributed by atoms with Crippen LogP contribution in [0.15, 0.2) is 30.5 Å². The maximum atomic E-state index is 13.3. The Morgan fingerprint density at radius 2 is 1.30 bits per heavy atom. The van der Waals surface area contributed by atoms with Gasteiger partial charge in [-0.05, 0) is 84.8 Å². The van der Waals surface area contributed by atoms with Crippen molar-refractivity contribution in [2.24, 2.45) is 34.5 Å². The van der Waals surface area contributed by atoms with E-state index in [2.05, 4.69) is 64.6 Å². The molecule has 17 nitrogen and oxygen atoms in total. The number of hydrogen-bond acceptors (Lipinski definition) is 15. The molecule has 7 unspecified atom stereocenters. The van der Waals surface area contributed by atoms with Crippen LogP contribution in [0.1, 0.15) is 59.3 Å². The van der Waals surface area contributed by atoms with Crippen molar-refractivity contribution in [2.45, 2.75) is 71.4 Å². The molecule has 0 N–H and O–H groups in total. The van der Waals surface area contributed by atoms with Gasteiger partial charge in [-0.25, -0.2) is 35.0 Å². The van der Waals surface area contributed by atoms with Crippen molar-refractivity contribution < 1.29 is 39.6 Å². The summed E-state index contributed by atoms with van der Waals surface area (Å²) in [6.07, 6.45) is 8.11. The molecule has 0 radical (unpaired) electrons. The Hall–Kier alpha value is -3.40. The van der Waals surface area contributed by atoms with Crippen LogP contribution in [0, 0.1) is 34.5 Å². The van der Waals surface area contributed by atoms with Gasteiger partial charge in [0.1, 0.15) is 5.00 Å². The van der Waals surface area contributed by atoms with E-state index in [9.17, 15) is 34.8 Å². The fraction of sp³-hybridized carbons (Fsp3) is 0.771. The molecule has 9 heterocycles. The average Bonchev–Trinajstić information content (AvgIpc) is 3.66. The monoisotopic (exact) mass is 1030 g/mol. The number of amides is 3. The number of carbonyl (C=O) groups excluding carboxylic acids is 2. The highest BCUT2D eigenvalue weighted by atomic mass is 32.2. The maximum absolute atomic E-state index is 13.3. The Bertz CT molecular complexity index is 2550. The molecule has 1 aromatic carbocycles. The largest absolute Gasteiger partial charge is 0.378 e. The minimum Gasteiger partial charge on any atom is -0.378 e. The maximum Gasteiger partial charge on any atom is 0.320 e. The van der Waals surface area contributed by atoms with E-state index in [0.29, 0.717) is 81.9 Å². The van der Waals surface area contributed by atoms with Crippen LogP contribution in [-0.2, 0) is 39.0 Å². The lowest BCUT2D eigenvalue weighted by atomic mass is 9.44. The smallest absolute Gasteiger partial charge is 0.320 e. The van der Waals surface area contributed by atoms with Crippen LogP contribution in [0.3, 0.4) is 0 Å². The SMILES string of the molecule is CC1(C)CC2CN(C(=O)N3CCS(=O)(=O)CC3)CC1N(c1cnc(N3CCOCC3)s1)C2.CC12CC3CC(CCC(=O)N4CCS(=O)(=O)CC4)C1CC2N(c1cccc(N2CCS(=O)(=O)CC2)c1)C3. The van der Waals surface area contributed by atoms with Crippen molar-refractivity contribution >= 4 is 74.3 Å². The number of rotatable bonds is 7. The lowest BCUT2D eigenvalue weighted by molar-refractivity contribution is -0.134. The molecule has 4 bridgehead atoms. The summed E-state index contributed by atoms with van der Waals surface area (Å²) < 4.78 is 76.2. The second-order valence-corrected chi connectivity index (χ2v) is 30.3. The van der Waals surface area contributed by atoms with Crippen molar-refractivity contribution in [1.82, 2.24) is 19.7 Å². The summed E-state index contributed by atoms with van der Waals surface area (Å²) in [4.78, 5) is 45.9. The Morgan fingerprint density at radius 3 is 1.99 bits per heavy atom. The van der Waals surface area contributed by atoms with Gasteiger partial charge in [0.25, 0.3) is 0 Å². The molecular weight excluding hydrogens is 961 g/mol. The van der Waals surface area contributed by atoms with Gasteiger partial charge >= 0.3 is 6.03 Å². The van der Waals surface area contributed by atoms with E-state index in [-0.39, 0.29) is 63.3 Å². The third-order valence-corrected chi connectivity index (χ3v) is 23.4. The van der Waals surface area contributed by atoms with Crippen LogP contribution in [0.2, 0.25) is 0 Å². The Morgan fingerprint density at radius 1 is 0.681 bits per heavy atom. The number of morpholine rings is 1. The first-order valence-corrected chi connectivity index (χ1v) is 31.6. The molecule has 7 atom stereocenters. The van der Waals surface area contributed by atoms with Gasteiger partial charge in [-0.15, -0.1) is 0 Å². The fourth-order valence-corrected chi connectivity index (χ4v) is 18.3. The van der Waals surface area contributed by atoms with Crippen molar-refractivity contribution in [3.05, 3.63) is 30.5 Å². The molecule has 69 heavy (non-hydrogen) atoms. The highest BCUT2D eigenvalue weighted by Gasteiger charge is 2.62. The van der Waals surface area contributed by atoms with Crippen LogP contribution in [0.5, 0.6) is 0 Å². The number of nitrogens with zero attached hydrogens (tertiary/aromatic N) is 8. The molecule has 2 saturated carbocycles. The predicted molar refractivity (Wildman–Crippen MR) is 271 cm³/mol. The first-order chi connectivity index (χ1) is 32.7. The van der Waals surface area contributed by atoms with Gasteiger partial charge in [0.05, 0.1) is 60.0 Å². The molecule has 1 aromatic heterocycles. The number of urea groups is 1. The van der Waals surface area contributed by atoms with Gasteiger partial charge in [0.15, 0.2) is 34.6 Å². The van der Waals surface area contributed by atoms with E-state index >= 15 is 0 Å². The van der Waals surface area contributed by atoms with E-state index in [1.807, 2.05) is 11.1 Å². The zero-order valence-electron chi connectivity index (χ0n) is 40.6. The van der Waals surface area contributed by atoms with E-state index in [1.165, 1.54) is 17.1 Å². The molecule has 2 aromatic rings. The number of carbonyl (C=O) groups is 2. The summed E-state index contributed by atoms with van der Waals surface area (Å²) in [6, 6.07) is 9.38. The van der Waals surface area contributed by atoms with E-state index in [1.54, 1.807) is 21.1 Å². The van der Waals surface area contributed by atoms with Crippen LogP contribution >= 0.6 is 11.3 Å². The van der Waals surface area contributed by atoms with Gasteiger partial charge in [-0.3, -0.25) is 4.79 Å². The number of benzene rings is 1. The Balaban J connectivity index is 0.000000162. The second-order valence-electron chi connectivity index (χ2n) is 22.4. The Kier molecular flexibility index (Phi) is 13.5. The summed E-state index contributed by atoms with van der Waals surface area (Å²) >= 11 is 1.74. The van der Waals surface area contributed by atoms with Crippen LogP contribution in [0.4, 0.5) is 26.3 Å². The number of thiazole rings is 1. The number of hydrogen-bond donors (Lipinski definition) is 0. The topological polar surface area (TPSA) is 181 Å². The van der Waals surface area contributed by atoms with Crippen molar-refractivity contribution in [2.75, 3.05) is 146 Å². The molecule has 10 fully saturated rings. The number of ether oxygens (including phenoxy) is 1. The normalized spacial score (nSPS) is 33.2. The van der Waals surface area contributed by atoms with Crippen LogP contribution < -0.4 is 19.6 Å². The van der Waals surface area contributed by atoms with Gasteiger partial charge < -0.3 is 39.0 Å². The lowest BCUT2D eigenvalue weighted by Crippen LogP contribution is -2.69. The molecule has 8 saturated heterocycles. The summed E-state index contributed by atoms with van der Waals surface area (Å²) in [7, 11) is -8.88. The highest BCUT2D eigenvalue weighted by molar-refractivity contribution is 7.92. The molecule has 2 aliphatic carbocycles. The summed E-state index contributed by atoms with van der Waals surface area (Å²) in [6.45, 7) is 16.1. The highest BCUT2D eigenvalue weighted by Crippen LogP contribution is 2.64. The zero-order valence-corrected chi connectivity index (χ0v) is 43.9. The van der Waals surface area contributed by atoms with Gasteiger partial charge in [-0.1, -0.05) is 38.2 Å². The summed E-state index contributed by atoms with van der Waals surface area (Å²) in [5.41, 5.74) is 2.71. The van der Waals surface area contributed by atoms with Gasteiger partial charge in [-0.2, -0.15) is 0 Å². The molecule has 12 rings (SSSR count). The quantitative estimate of drug-likeness (QED) is 0.393. The standard InChI is InChI=1S/C27H39N3O5S2.C21H33N5O4S2/c1-27-18-20-15-21(5-6-26(31)29-9-13-37(34,35)14-10-29)24(27)17-25(27)30(19-20)23-4-2-3-22(16-23)28-7-11-36(32,33)12-8-28;1-21(2)11-16-13-25(20(27)24-5-9-32(28,29)10-6-24)15-17(21)26(14-16)18-12-22-19(31-18)23-3-7-30-8-4-23/h2-4,16,20-21,24-25H,5-15,17-19H2,1H3;12,16-17H,3-11,13-15H2,1-2H3. The zero-order chi connectivity index (χ0) is 48.5. The molecule has 3 amide bonds. The van der Waals surface area contributed by atoms with Gasteiger partial charge in [0.2, 0.25) is 5.91 Å². The second kappa shape index (κ2) is 18.9. The Labute approximate surface area is 413 Å². The van der Waals surface area contributed by atoms with E-state index in [4.69, 9.17) is 9.72 Å². The van der Waals surface area contributed by atoms with Crippen molar-refractivity contribution in [3.8, 4) is 0 Å². The minimum absolute atomic E-state index is 0.00670. The lowest BCUT2D eigenvalue weighted by Gasteiger charge is -2.68. The van der Waals surface area contributed by atoms with Crippen molar-refractivity contribution in [1.29, 1.82) is 0 Å². The van der Waals surface area contributed by atoms with Crippen LogP contribution in [0.25, 0.3) is 0 Å². The predicted octanol–water partition coefficient (Wildman–Crippen LogP) is 3.57. The first-order valence-electron chi connectivity index (χ1n) is 25.3. The van der Waals surface area contributed by atoms with Crippen molar-refractivity contribution in [3.63, 3.8) is 0 Å². The molecular formula is C48H72N8O9S4. The van der Waals surface area contributed by atoms with Gasteiger partial charge in [0, 0.05) is 102 Å². The molecule has 8 aliphatic heterocycles. The number of fused-ring (bicyclic) bond motifs is 5. The van der Waals surface area contributed by atoms with E-state index < -0.39 is 29.5 Å². The summed E-state index contributed by atoms with van der Waals surface area (Å²) in [5, 5.41) is 2.22. The summed E-state index contributed by atoms with van der Waals surface area (Å²) in [5.74, 6) is 3.12. The number of anilines is 4. The average molecular weight is 1030 g/mol. The first kappa shape index (κ1) is 49.2. The van der Waals surface area contributed by atoms with E-state index in [0.717, 1.165) is 82.4 Å². The molecule has 0 spiro atoms. The third kappa shape index (κ3) is 10.3. The number of aromatic nitrogens is 1. The number of piperidine rings is 2. The molecule has 21 heteroatoms. The molecule has 382 valence electrons. The third-order valence-electron chi connectivity index (χ3n) is 17.5. The minimum atomic E-state index is -3.00. The number of sulfone groups is 3.